The summed E-state index contributed by atoms with van der Waals surface area (Å²) >= 11 is 0. The van der Waals surface area contributed by atoms with Crippen molar-refractivity contribution in [3.05, 3.63) is 47.4 Å². The number of nitrogens with one attached hydrogen (secondary N) is 2. The zero-order valence-electron chi connectivity index (χ0n) is 13.2. The van der Waals surface area contributed by atoms with E-state index in [0.717, 1.165) is 5.56 Å². The van der Waals surface area contributed by atoms with Crippen molar-refractivity contribution < 1.29 is 14.0 Å². The van der Waals surface area contributed by atoms with Gasteiger partial charge in [-0.1, -0.05) is 38.5 Å². The first kappa shape index (κ1) is 15.8. The van der Waals surface area contributed by atoms with Crippen molar-refractivity contribution in [3.63, 3.8) is 0 Å². The van der Waals surface area contributed by atoms with Crippen molar-refractivity contribution in [2.45, 2.75) is 33.1 Å². The number of hydrogen-bond acceptors (Lipinski definition) is 3. The predicted molar refractivity (Wildman–Crippen MR) is 86.6 cm³/mol. The summed E-state index contributed by atoms with van der Waals surface area (Å²) in [7, 11) is 0. The summed E-state index contributed by atoms with van der Waals surface area (Å²) in [4.78, 5) is 23.1. The van der Waals surface area contributed by atoms with Crippen LogP contribution in [0.5, 0.6) is 0 Å². The highest BCUT2D eigenvalue weighted by molar-refractivity contribution is 6.02. The van der Waals surface area contributed by atoms with Crippen LogP contribution in [0.4, 0.5) is 16.2 Å². The topological polar surface area (TPSA) is 71.3 Å². The molecule has 0 aliphatic carbocycles. The first-order valence-electron chi connectivity index (χ1n) is 7.04. The molecule has 0 spiro atoms. The second kappa shape index (κ2) is 6.05. The Labute approximate surface area is 129 Å². The van der Waals surface area contributed by atoms with E-state index < -0.39 is 6.03 Å². The molecule has 0 unspecified atom stereocenters. The number of hydrogen-bond donors (Lipinski definition) is 2. The number of carbonyl (C=O) groups is 2. The summed E-state index contributed by atoms with van der Waals surface area (Å²) in [6.07, 6.45) is 0.594. The van der Waals surface area contributed by atoms with Crippen LogP contribution in [0.2, 0.25) is 0 Å². The molecule has 0 radical (unpaired) electrons. The van der Waals surface area contributed by atoms with E-state index in [4.69, 9.17) is 4.42 Å². The Kier molecular flexibility index (Phi) is 4.35. The predicted octanol–water partition coefficient (Wildman–Crippen LogP) is 4.34. The highest BCUT2D eigenvalue weighted by Crippen LogP contribution is 2.29. The summed E-state index contributed by atoms with van der Waals surface area (Å²) in [5.41, 5.74) is 1.91. The molecule has 0 saturated heterocycles. The summed E-state index contributed by atoms with van der Waals surface area (Å²) < 4.78 is 5.48. The number of amides is 2. The van der Waals surface area contributed by atoms with Gasteiger partial charge in [0.25, 0.3) is 0 Å². The number of benzene rings is 1. The Balaban J connectivity index is 2.12. The molecular weight excluding hydrogens is 280 g/mol. The fourth-order valence-corrected chi connectivity index (χ4v) is 1.88. The molecule has 2 amide bonds. The fraction of sp³-hybridized carbons (Fsp3) is 0.294. The van der Waals surface area contributed by atoms with E-state index >= 15 is 0 Å². The molecule has 1 heterocycles. The average Bonchev–Trinajstić information content (AvgIpc) is 2.84. The molecule has 2 aromatic rings. The molecule has 116 valence electrons. The van der Waals surface area contributed by atoms with Gasteiger partial charge in [-0.15, -0.1) is 0 Å². The van der Waals surface area contributed by atoms with Gasteiger partial charge in [0, 0.05) is 17.2 Å². The lowest BCUT2D eigenvalue weighted by molar-refractivity contribution is 0.109. The minimum absolute atomic E-state index is 0.115. The number of carbonyl (C=O) groups excluding carboxylic acids is 2. The molecule has 0 aliphatic rings. The standard InChI is InChI=1S/C17H20N2O3/c1-11-5-7-12(8-6-11)18-16(21)19-13-9-15(17(2,3)4)22-14(13)10-20/h5-10H,1-4H3,(H2,18,19,21). The van der Waals surface area contributed by atoms with Crippen molar-refractivity contribution in [2.75, 3.05) is 10.6 Å². The molecule has 5 nitrogen and oxygen atoms in total. The van der Waals surface area contributed by atoms with E-state index in [2.05, 4.69) is 10.6 Å². The van der Waals surface area contributed by atoms with Crippen molar-refractivity contribution >= 4 is 23.7 Å². The SMILES string of the molecule is Cc1ccc(NC(=O)Nc2cc(C(C)(C)C)oc2C=O)cc1. The van der Waals surface area contributed by atoms with Crippen LogP contribution >= 0.6 is 0 Å². The summed E-state index contributed by atoms with van der Waals surface area (Å²) in [5.74, 6) is 0.754. The minimum atomic E-state index is -0.423. The Hall–Kier alpha value is -2.56. The molecule has 5 heteroatoms. The molecule has 2 rings (SSSR count). The molecule has 0 atom stereocenters. The number of aryl methyl sites for hydroxylation is 1. The fourth-order valence-electron chi connectivity index (χ4n) is 1.88. The normalized spacial score (nSPS) is 11.1. The lowest BCUT2D eigenvalue weighted by Crippen LogP contribution is -2.19. The molecule has 0 bridgehead atoms. The molecule has 0 aliphatic heterocycles. The third-order valence-electron chi connectivity index (χ3n) is 3.16. The Morgan fingerprint density at radius 2 is 1.77 bits per heavy atom. The maximum absolute atomic E-state index is 12.0. The maximum Gasteiger partial charge on any atom is 0.323 e. The van der Waals surface area contributed by atoms with E-state index in [9.17, 15) is 9.59 Å². The Morgan fingerprint density at radius 3 is 2.32 bits per heavy atom. The van der Waals surface area contributed by atoms with Gasteiger partial charge in [0.05, 0.1) is 5.69 Å². The quantitative estimate of drug-likeness (QED) is 0.828. The van der Waals surface area contributed by atoms with Gasteiger partial charge in [-0.3, -0.25) is 4.79 Å². The lowest BCUT2D eigenvalue weighted by atomic mass is 9.93. The second-order valence-electron chi connectivity index (χ2n) is 6.20. The second-order valence-corrected chi connectivity index (χ2v) is 6.20. The number of aldehydes is 1. The third kappa shape index (κ3) is 3.75. The zero-order valence-corrected chi connectivity index (χ0v) is 13.2. The van der Waals surface area contributed by atoms with Crippen molar-refractivity contribution in [1.82, 2.24) is 0 Å². The lowest BCUT2D eigenvalue weighted by Gasteiger charge is -2.13. The van der Waals surface area contributed by atoms with E-state index in [1.807, 2.05) is 52.0 Å². The molecule has 2 N–H and O–H groups in total. The Bertz CT molecular complexity index is 679. The van der Waals surface area contributed by atoms with Crippen LogP contribution in [0.3, 0.4) is 0 Å². The monoisotopic (exact) mass is 300 g/mol. The minimum Gasteiger partial charge on any atom is -0.455 e. The largest absolute Gasteiger partial charge is 0.455 e. The summed E-state index contributed by atoms with van der Waals surface area (Å²) in [5, 5.41) is 5.35. The molecule has 1 aromatic carbocycles. The van der Waals surface area contributed by atoms with Crippen molar-refractivity contribution in [2.24, 2.45) is 0 Å². The number of rotatable bonds is 3. The van der Waals surface area contributed by atoms with Crippen molar-refractivity contribution in [1.29, 1.82) is 0 Å². The van der Waals surface area contributed by atoms with Gasteiger partial charge in [0.1, 0.15) is 5.76 Å². The maximum atomic E-state index is 12.0. The van der Waals surface area contributed by atoms with E-state index in [1.165, 1.54) is 0 Å². The number of anilines is 2. The van der Waals surface area contributed by atoms with Crippen molar-refractivity contribution in [3.8, 4) is 0 Å². The Morgan fingerprint density at radius 1 is 1.14 bits per heavy atom. The highest BCUT2D eigenvalue weighted by atomic mass is 16.3. The molecular formula is C17H20N2O3. The highest BCUT2D eigenvalue weighted by Gasteiger charge is 2.22. The smallest absolute Gasteiger partial charge is 0.323 e. The van der Waals surface area contributed by atoms with Gasteiger partial charge in [0.15, 0.2) is 12.0 Å². The van der Waals surface area contributed by atoms with Crippen LogP contribution in [0.25, 0.3) is 0 Å². The van der Waals surface area contributed by atoms with Gasteiger partial charge in [-0.05, 0) is 19.1 Å². The van der Waals surface area contributed by atoms with Crippen LogP contribution in [-0.2, 0) is 5.41 Å². The molecule has 0 saturated carbocycles. The first-order valence-corrected chi connectivity index (χ1v) is 7.04. The first-order chi connectivity index (χ1) is 10.3. The zero-order chi connectivity index (χ0) is 16.3. The van der Waals surface area contributed by atoms with Gasteiger partial charge < -0.3 is 15.1 Å². The molecule has 22 heavy (non-hydrogen) atoms. The van der Waals surface area contributed by atoms with E-state index in [1.54, 1.807) is 6.07 Å². The van der Waals surface area contributed by atoms with Crippen LogP contribution in [-0.4, -0.2) is 12.3 Å². The number of urea groups is 1. The van der Waals surface area contributed by atoms with Gasteiger partial charge in [-0.25, -0.2) is 4.79 Å². The van der Waals surface area contributed by atoms with Crippen LogP contribution in [0.1, 0.15) is 42.6 Å². The molecule has 1 aromatic heterocycles. The van der Waals surface area contributed by atoms with E-state index in [-0.39, 0.29) is 11.2 Å². The third-order valence-corrected chi connectivity index (χ3v) is 3.16. The van der Waals surface area contributed by atoms with Crippen LogP contribution in [0.15, 0.2) is 34.7 Å². The van der Waals surface area contributed by atoms with Crippen LogP contribution < -0.4 is 10.6 Å². The average molecular weight is 300 g/mol. The van der Waals surface area contributed by atoms with Gasteiger partial charge >= 0.3 is 6.03 Å². The van der Waals surface area contributed by atoms with Gasteiger partial charge in [0.2, 0.25) is 0 Å². The van der Waals surface area contributed by atoms with E-state index in [0.29, 0.717) is 23.4 Å². The molecule has 0 fully saturated rings. The summed E-state index contributed by atoms with van der Waals surface area (Å²) in [6.45, 7) is 7.88. The summed E-state index contributed by atoms with van der Waals surface area (Å²) in [6, 6.07) is 8.69. The number of furan rings is 1. The van der Waals surface area contributed by atoms with Crippen LogP contribution in [0, 0.1) is 6.92 Å². The van der Waals surface area contributed by atoms with Gasteiger partial charge in [-0.2, -0.15) is 0 Å².